The quantitative estimate of drug-likeness (QED) is 0.858. The van der Waals surface area contributed by atoms with Crippen molar-refractivity contribution in [1.82, 2.24) is 4.90 Å². The largest absolute Gasteiger partial charge is 0.491 e. The molecule has 0 unspecified atom stereocenters. The van der Waals surface area contributed by atoms with Crippen molar-refractivity contribution in [3.63, 3.8) is 0 Å². The average Bonchev–Trinajstić information content (AvgIpc) is 2.61. The SMILES string of the molecule is Cc1cccc(OC[C@H](O)CN2CCN(c3ccccc3Cl)CC2)c1. The molecule has 0 bridgehead atoms. The van der Waals surface area contributed by atoms with Gasteiger partial charge in [0.1, 0.15) is 18.5 Å². The molecule has 0 aliphatic carbocycles. The Morgan fingerprint density at radius 3 is 2.56 bits per heavy atom. The Balaban J connectivity index is 1.43. The first kappa shape index (κ1) is 18.1. The first-order chi connectivity index (χ1) is 12.1. The van der Waals surface area contributed by atoms with Crippen LogP contribution in [0.3, 0.4) is 0 Å². The van der Waals surface area contributed by atoms with E-state index in [0.29, 0.717) is 13.2 Å². The molecule has 2 aromatic rings. The number of β-amino-alcohol motifs (C(OH)–C–C–N with tert-alkyl or cyclic N) is 1. The number of benzene rings is 2. The van der Waals surface area contributed by atoms with Crippen LogP contribution in [0.2, 0.25) is 5.02 Å². The predicted molar refractivity (Wildman–Crippen MR) is 103 cm³/mol. The Morgan fingerprint density at radius 2 is 1.84 bits per heavy atom. The number of aliphatic hydroxyl groups excluding tert-OH is 1. The summed E-state index contributed by atoms with van der Waals surface area (Å²) in [5, 5.41) is 11.1. The zero-order valence-corrected chi connectivity index (χ0v) is 15.3. The van der Waals surface area contributed by atoms with Gasteiger partial charge in [-0.15, -0.1) is 0 Å². The summed E-state index contributed by atoms with van der Waals surface area (Å²) in [4.78, 5) is 4.58. The summed E-state index contributed by atoms with van der Waals surface area (Å²) in [6.07, 6.45) is -0.493. The average molecular weight is 361 g/mol. The highest BCUT2D eigenvalue weighted by atomic mass is 35.5. The van der Waals surface area contributed by atoms with Gasteiger partial charge in [-0.05, 0) is 36.8 Å². The molecule has 1 fully saturated rings. The number of ether oxygens (including phenoxy) is 1. The van der Waals surface area contributed by atoms with E-state index < -0.39 is 6.10 Å². The van der Waals surface area contributed by atoms with Crippen LogP contribution < -0.4 is 9.64 Å². The van der Waals surface area contributed by atoms with Crippen LogP contribution in [0.5, 0.6) is 5.75 Å². The predicted octanol–water partition coefficient (Wildman–Crippen LogP) is 3.21. The van der Waals surface area contributed by atoms with E-state index in [1.165, 1.54) is 0 Å². The van der Waals surface area contributed by atoms with Crippen LogP contribution in [0.1, 0.15) is 5.56 Å². The summed E-state index contributed by atoms with van der Waals surface area (Å²) in [5.74, 6) is 0.808. The lowest BCUT2D eigenvalue weighted by atomic mass is 10.2. The topological polar surface area (TPSA) is 35.9 Å². The normalized spacial score (nSPS) is 16.7. The minimum absolute atomic E-state index is 0.314. The lowest BCUT2D eigenvalue weighted by Gasteiger charge is -2.37. The van der Waals surface area contributed by atoms with Crippen LogP contribution in [-0.4, -0.2) is 55.4 Å². The molecule has 1 N–H and O–H groups in total. The lowest BCUT2D eigenvalue weighted by molar-refractivity contribution is 0.0663. The number of hydrogen-bond donors (Lipinski definition) is 1. The molecule has 1 atom stereocenters. The van der Waals surface area contributed by atoms with Crippen LogP contribution in [0.4, 0.5) is 5.69 Å². The van der Waals surface area contributed by atoms with Gasteiger partial charge in [0.25, 0.3) is 0 Å². The van der Waals surface area contributed by atoms with Crippen molar-refractivity contribution < 1.29 is 9.84 Å². The second kappa shape index (κ2) is 8.56. The molecule has 0 saturated carbocycles. The number of hydrogen-bond acceptors (Lipinski definition) is 4. The minimum Gasteiger partial charge on any atom is -0.491 e. The van der Waals surface area contributed by atoms with E-state index >= 15 is 0 Å². The zero-order chi connectivity index (χ0) is 17.6. The lowest BCUT2D eigenvalue weighted by Crippen LogP contribution is -2.49. The Morgan fingerprint density at radius 1 is 1.08 bits per heavy atom. The number of para-hydroxylation sites is 1. The summed E-state index contributed by atoms with van der Waals surface area (Å²) in [7, 11) is 0. The highest BCUT2D eigenvalue weighted by molar-refractivity contribution is 6.33. The summed E-state index contributed by atoms with van der Waals surface area (Å²) in [6, 6.07) is 15.8. The van der Waals surface area contributed by atoms with Crippen molar-refractivity contribution in [2.45, 2.75) is 13.0 Å². The van der Waals surface area contributed by atoms with Gasteiger partial charge >= 0.3 is 0 Å². The van der Waals surface area contributed by atoms with E-state index in [1.54, 1.807) is 0 Å². The van der Waals surface area contributed by atoms with E-state index in [2.05, 4.69) is 15.9 Å². The van der Waals surface area contributed by atoms with Crippen LogP contribution in [0.25, 0.3) is 0 Å². The third kappa shape index (κ3) is 5.11. The molecule has 4 nitrogen and oxygen atoms in total. The fourth-order valence-corrected chi connectivity index (χ4v) is 3.38. The molecule has 0 radical (unpaired) electrons. The highest BCUT2D eigenvalue weighted by Gasteiger charge is 2.20. The van der Waals surface area contributed by atoms with Gasteiger partial charge in [0.05, 0.1) is 10.7 Å². The number of rotatable bonds is 6. The fourth-order valence-electron chi connectivity index (χ4n) is 3.13. The van der Waals surface area contributed by atoms with E-state index in [1.807, 2.05) is 49.4 Å². The third-order valence-corrected chi connectivity index (χ3v) is 4.79. The van der Waals surface area contributed by atoms with Crippen LogP contribution >= 0.6 is 11.6 Å². The van der Waals surface area contributed by atoms with Gasteiger partial charge in [0.15, 0.2) is 0 Å². The molecule has 0 aromatic heterocycles. The van der Waals surface area contributed by atoms with Crippen LogP contribution in [-0.2, 0) is 0 Å². The monoisotopic (exact) mass is 360 g/mol. The molecule has 0 spiro atoms. The first-order valence-corrected chi connectivity index (χ1v) is 9.09. The van der Waals surface area contributed by atoms with Crippen molar-refractivity contribution in [1.29, 1.82) is 0 Å². The third-order valence-electron chi connectivity index (χ3n) is 4.47. The maximum absolute atomic E-state index is 10.3. The molecule has 1 saturated heterocycles. The Labute approximate surface area is 154 Å². The van der Waals surface area contributed by atoms with Gasteiger partial charge in [0.2, 0.25) is 0 Å². The fraction of sp³-hybridized carbons (Fsp3) is 0.400. The zero-order valence-electron chi connectivity index (χ0n) is 14.6. The van der Waals surface area contributed by atoms with Gasteiger partial charge in [-0.3, -0.25) is 4.90 Å². The van der Waals surface area contributed by atoms with Crippen molar-refractivity contribution in [3.8, 4) is 5.75 Å². The maximum Gasteiger partial charge on any atom is 0.119 e. The standard InChI is InChI=1S/C20H25ClN2O2/c1-16-5-4-6-18(13-16)25-15-17(24)14-22-9-11-23(12-10-22)20-8-3-2-7-19(20)21/h2-8,13,17,24H,9-12,14-15H2,1H3/t17-/m1/s1. The molecule has 1 heterocycles. The molecule has 0 amide bonds. The Kier molecular flexibility index (Phi) is 6.19. The number of anilines is 1. The van der Waals surface area contributed by atoms with Gasteiger partial charge in [-0.2, -0.15) is 0 Å². The number of nitrogens with zero attached hydrogens (tertiary/aromatic N) is 2. The number of halogens is 1. The van der Waals surface area contributed by atoms with Crippen molar-refractivity contribution in [2.24, 2.45) is 0 Å². The van der Waals surface area contributed by atoms with E-state index in [4.69, 9.17) is 16.3 Å². The Hall–Kier alpha value is -1.75. The summed E-state index contributed by atoms with van der Waals surface area (Å²) < 4.78 is 5.69. The molecule has 3 rings (SSSR count). The summed E-state index contributed by atoms with van der Waals surface area (Å²) in [5.41, 5.74) is 2.25. The summed E-state index contributed by atoms with van der Waals surface area (Å²) >= 11 is 6.28. The number of aliphatic hydroxyl groups is 1. The molecule has 1 aliphatic heterocycles. The van der Waals surface area contributed by atoms with Crippen molar-refractivity contribution in [3.05, 3.63) is 59.1 Å². The van der Waals surface area contributed by atoms with Crippen LogP contribution in [0.15, 0.2) is 48.5 Å². The van der Waals surface area contributed by atoms with Gasteiger partial charge in [0, 0.05) is 32.7 Å². The molecule has 2 aromatic carbocycles. The molecule has 5 heteroatoms. The van der Waals surface area contributed by atoms with Gasteiger partial charge < -0.3 is 14.7 Å². The smallest absolute Gasteiger partial charge is 0.119 e. The second-order valence-corrected chi connectivity index (χ2v) is 6.93. The molecule has 1 aliphatic rings. The Bertz CT molecular complexity index is 687. The van der Waals surface area contributed by atoms with Crippen LogP contribution in [0, 0.1) is 6.92 Å². The molecule has 25 heavy (non-hydrogen) atoms. The minimum atomic E-state index is -0.493. The second-order valence-electron chi connectivity index (χ2n) is 6.52. The molecule has 134 valence electrons. The van der Waals surface area contributed by atoms with E-state index in [-0.39, 0.29) is 0 Å². The molecular formula is C20H25ClN2O2. The van der Waals surface area contributed by atoms with Crippen molar-refractivity contribution in [2.75, 3.05) is 44.2 Å². The van der Waals surface area contributed by atoms with Gasteiger partial charge in [-0.1, -0.05) is 35.9 Å². The van der Waals surface area contributed by atoms with Gasteiger partial charge in [-0.25, -0.2) is 0 Å². The van der Waals surface area contributed by atoms with E-state index in [9.17, 15) is 5.11 Å². The van der Waals surface area contributed by atoms with Crippen molar-refractivity contribution >= 4 is 17.3 Å². The number of aryl methyl sites for hydroxylation is 1. The molecular weight excluding hydrogens is 336 g/mol. The first-order valence-electron chi connectivity index (χ1n) is 8.71. The highest BCUT2D eigenvalue weighted by Crippen LogP contribution is 2.26. The summed E-state index contributed by atoms with van der Waals surface area (Å²) in [6.45, 7) is 6.61. The number of piperazine rings is 1. The maximum atomic E-state index is 10.3. The van der Waals surface area contributed by atoms with E-state index in [0.717, 1.165) is 48.2 Å².